The molecule has 5 rings (SSSR count). The zero-order valence-corrected chi connectivity index (χ0v) is 18.0. The second-order valence-electron chi connectivity index (χ2n) is 7.96. The van der Waals surface area contributed by atoms with E-state index in [1.54, 1.807) is 32.6 Å². The number of nitrogens with zero attached hydrogens (tertiary/aromatic N) is 1. The summed E-state index contributed by atoms with van der Waals surface area (Å²) in [6, 6.07) is 14.4. The smallest absolute Gasteiger partial charge is 0.254 e. The molecule has 164 valence electrons. The maximum absolute atomic E-state index is 13.6. The molecule has 2 aliphatic heterocycles. The van der Waals surface area contributed by atoms with Crippen LogP contribution in [0.5, 0.6) is 11.5 Å². The first kappa shape index (κ1) is 20.2. The van der Waals surface area contributed by atoms with Crippen molar-refractivity contribution in [2.75, 3.05) is 20.8 Å². The minimum atomic E-state index is -0.559. The molecule has 3 aromatic rings. The summed E-state index contributed by atoms with van der Waals surface area (Å²) in [5.74, 6) is 1.12. The number of rotatable bonds is 5. The minimum absolute atomic E-state index is 0.0545. The van der Waals surface area contributed by atoms with Crippen molar-refractivity contribution in [3.8, 4) is 11.5 Å². The topological polar surface area (TPSA) is 81.0 Å². The van der Waals surface area contributed by atoms with Crippen LogP contribution in [0.2, 0.25) is 0 Å². The number of carbonyl (C=O) groups excluding carboxylic acids is 2. The first-order valence-corrected chi connectivity index (χ1v) is 10.6. The van der Waals surface area contributed by atoms with Gasteiger partial charge in [0.25, 0.3) is 5.91 Å². The highest BCUT2D eigenvalue weighted by molar-refractivity contribution is 6.01. The van der Waals surface area contributed by atoms with E-state index in [1.165, 1.54) is 0 Å². The number of hydrogen-bond donors (Lipinski definition) is 1. The first-order chi connectivity index (χ1) is 15.6. The Labute approximate surface area is 185 Å². The van der Waals surface area contributed by atoms with Gasteiger partial charge in [-0.05, 0) is 53.4 Å². The number of furan rings is 1. The lowest BCUT2D eigenvalue weighted by molar-refractivity contribution is -0.124. The van der Waals surface area contributed by atoms with Crippen molar-refractivity contribution in [2.45, 2.75) is 24.9 Å². The third-order valence-electron chi connectivity index (χ3n) is 6.32. The zero-order valence-electron chi connectivity index (χ0n) is 18.0. The molecule has 0 bridgehead atoms. The van der Waals surface area contributed by atoms with Gasteiger partial charge in [-0.3, -0.25) is 9.59 Å². The lowest BCUT2D eigenvalue weighted by Gasteiger charge is -2.45. The van der Waals surface area contributed by atoms with Crippen molar-refractivity contribution < 1.29 is 23.5 Å². The van der Waals surface area contributed by atoms with Crippen LogP contribution in [-0.2, 0) is 17.8 Å². The Morgan fingerprint density at radius 2 is 1.88 bits per heavy atom. The van der Waals surface area contributed by atoms with Gasteiger partial charge in [0.1, 0.15) is 5.76 Å². The summed E-state index contributed by atoms with van der Waals surface area (Å²) in [5.41, 5.74) is 3.28. The maximum Gasteiger partial charge on any atom is 0.254 e. The molecule has 0 saturated carbocycles. The van der Waals surface area contributed by atoms with Crippen LogP contribution in [0.4, 0.5) is 0 Å². The van der Waals surface area contributed by atoms with Gasteiger partial charge < -0.3 is 24.1 Å². The van der Waals surface area contributed by atoms with E-state index in [0.717, 1.165) is 16.7 Å². The van der Waals surface area contributed by atoms with Gasteiger partial charge in [-0.15, -0.1) is 0 Å². The third-order valence-corrected chi connectivity index (χ3v) is 6.32. The van der Waals surface area contributed by atoms with E-state index in [2.05, 4.69) is 5.32 Å². The number of benzene rings is 2. The van der Waals surface area contributed by atoms with Gasteiger partial charge in [-0.2, -0.15) is 0 Å². The predicted molar refractivity (Wildman–Crippen MR) is 117 cm³/mol. The van der Waals surface area contributed by atoms with E-state index >= 15 is 0 Å². The van der Waals surface area contributed by atoms with Crippen molar-refractivity contribution in [1.82, 2.24) is 10.2 Å². The van der Waals surface area contributed by atoms with Crippen LogP contribution < -0.4 is 14.8 Å². The fraction of sp³-hybridized carbons (Fsp3) is 0.280. The number of fused-ring (bicyclic) bond motifs is 4. The van der Waals surface area contributed by atoms with E-state index in [4.69, 9.17) is 13.9 Å². The van der Waals surface area contributed by atoms with Crippen LogP contribution in [0.3, 0.4) is 0 Å². The average Bonchev–Trinajstić information content (AvgIpc) is 3.35. The van der Waals surface area contributed by atoms with Gasteiger partial charge >= 0.3 is 0 Å². The Morgan fingerprint density at radius 3 is 2.62 bits per heavy atom. The number of methoxy groups -OCH3 is 2. The number of hydrogen-bond acceptors (Lipinski definition) is 5. The van der Waals surface area contributed by atoms with Crippen molar-refractivity contribution in [3.63, 3.8) is 0 Å². The van der Waals surface area contributed by atoms with Gasteiger partial charge in [0.05, 0.1) is 39.0 Å². The molecule has 0 aliphatic carbocycles. The molecule has 32 heavy (non-hydrogen) atoms. The second-order valence-corrected chi connectivity index (χ2v) is 7.96. The Kier molecular flexibility index (Phi) is 5.09. The number of nitrogens with one attached hydrogen (secondary N) is 1. The molecule has 0 unspecified atom stereocenters. The zero-order chi connectivity index (χ0) is 22.2. The number of ether oxygens (including phenoxy) is 2. The molecule has 7 nitrogen and oxygen atoms in total. The van der Waals surface area contributed by atoms with E-state index < -0.39 is 12.0 Å². The van der Waals surface area contributed by atoms with Gasteiger partial charge in [0.2, 0.25) is 5.91 Å². The molecule has 0 spiro atoms. The molecular formula is C25H24N2O5. The van der Waals surface area contributed by atoms with Gasteiger partial charge in [-0.1, -0.05) is 18.2 Å². The fourth-order valence-corrected chi connectivity index (χ4v) is 4.83. The lowest BCUT2D eigenvalue weighted by Crippen LogP contribution is -2.50. The quantitative estimate of drug-likeness (QED) is 0.668. The number of carbonyl (C=O) groups is 2. The first-order valence-electron chi connectivity index (χ1n) is 10.6. The molecular weight excluding hydrogens is 408 g/mol. The molecule has 1 N–H and O–H groups in total. The summed E-state index contributed by atoms with van der Waals surface area (Å²) in [5, 5.41) is 3.00. The Morgan fingerprint density at radius 1 is 1.09 bits per heavy atom. The van der Waals surface area contributed by atoms with E-state index in [-0.39, 0.29) is 18.4 Å². The van der Waals surface area contributed by atoms with Crippen LogP contribution in [0.1, 0.15) is 44.8 Å². The van der Waals surface area contributed by atoms with Crippen LogP contribution in [0.25, 0.3) is 0 Å². The summed E-state index contributed by atoms with van der Waals surface area (Å²) < 4.78 is 16.4. The predicted octanol–water partition coefficient (Wildman–Crippen LogP) is 3.45. The van der Waals surface area contributed by atoms with Crippen molar-refractivity contribution >= 4 is 11.8 Å². The highest BCUT2D eigenvalue weighted by Gasteiger charge is 2.46. The molecule has 3 heterocycles. The molecule has 7 heteroatoms. The average molecular weight is 432 g/mol. The highest BCUT2D eigenvalue weighted by Crippen LogP contribution is 2.48. The molecule has 0 fully saturated rings. The fourth-order valence-electron chi connectivity index (χ4n) is 4.83. The summed E-state index contributed by atoms with van der Waals surface area (Å²) in [6.45, 7) is 0.812. The van der Waals surface area contributed by atoms with Gasteiger partial charge in [-0.25, -0.2) is 0 Å². The van der Waals surface area contributed by atoms with Crippen LogP contribution >= 0.6 is 0 Å². The van der Waals surface area contributed by atoms with Gasteiger partial charge in [0.15, 0.2) is 11.5 Å². The summed E-state index contributed by atoms with van der Waals surface area (Å²) in [7, 11) is 3.18. The minimum Gasteiger partial charge on any atom is -0.493 e. The van der Waals surface area contributed by atoms with Crippen LogP contribution in [-0.4, -0.2) is 37.5 Å². The monoisotopic (exact) mass is 432 g/mol. The van der Waals surface area contributed by atoms with Gasteiger partial charge in [0, 0.05) is 12.1 Å². The molecule has 0 radical (unpaired) electrons. The molecule has 0 saturated heterocycles. The Balaban J connectivity index is 1.61. The van der Waals surface area contributed by atoms with Crippen LogP contribution in [0, 0.1) is 0 Å². The third kappa shape index (κ3) is 3.21. The highest BCUT2D eigenvalue weighted by atomic mass is 16.5. The molecule has 2 amide bonds. The lowest BCUT2D eigenvalue weighted by atomic mass is 9.75. The number of amides is 2. The molecule has 2 aromatic carbocycles. The summed E-state index contributed by atoms with van der Waals surface area (Å²) in [4.78, 5) is 28.7. The standard InChI is InChI=1S/C25H24N2O5/c1-30-20-12-15-9-10-27-23(19(15)13-21(20)31-2)22(17-7-3-4-8-18(17)25(27)29)24(28)26-14-16-6-5-11-32-16/h3-8,11-13,22-23H,9-10,14H2,1-2H3,(H,26,28)/t22-,23-/m0/s1. The Hall–Kier alpha value is -3.74. The maximum atomic E-state index is 13.6. The normalized spacial score (nSPS) is 18.9. The van der Waals surface area contributed by atoms with E-state index in [0.29, 0.717) is 35.8 Å². The summed E-state index contributed by atoms with van der Waals surface area (Å²) >= 11 is 0. The molecule has 2 aliphatic rings. The SMILES string of the molecule is COc1cc2c(cc1OC)[C@H]1[C@@H](C(=O)NCc3ccco3)c3ccccc3C(=O)N1CC2. The van der Waals surface area contributed by atoms with Crippen molar-refractivity contribution in [1.29, 1.82) is 0 Å². The van der Waals surface area contributed by atoms with E-state index in [9.17, 15) is 9.59 Å². The Bertz CT molecular complexity index is 1170. The second kappa shape index (κ2) is 8.07. The molecule has 1 aromatic heterocycles. The van der Waals surface area contributed by atoms with Crippen LogP contribution in [0.15, 0.2) is 59.2 Å². The largest absolute Gasteiger partial charge is 0.493 e. The van der Waals surface area contributed by atoms with Crippen molar-refractivity contribution in [2.24, 2.45) is 0 Å². The molecule has 2 atom stereocenters. The van der Waals surface area contributed by atoms with E-state index in [1.807, 2.05) is 41.3 Å². The summed E-state index contributed by atoms with van der Waals surface area (Å²) in [6.07, 6.45) is 2.26. The van der Waals surface area contributed by atoms with Crippen molar-refractivity contribution in [3.05, 3.63) is 82.8 Å².